The lowest BCUT2D eigenvalue weighted by Crippen LogP contribution is -2.32. The number of aromatic amines is 1. The number of aryl methyl sites for hydroxylation is 1. The van der Waals surface area contributed by atoms with Crippen LogP contribution >= 0.6 is 0 Å². The van der Waals surface area contributed by atoms with Crippen molar-refractivity contribution in [3.8, 4) is 0 Å². The normalized spacial score (nSPS) is 18.2. The van der Waals surface area contributed by atoms with E-state index in [4.69, 9.17) is 0 Å². The summed E-state index contributed by atoms with van der Waals surface area (Å²) in [6.45, 7) is 4.87. The second kappa shape index (κ2) is 4.61. The van der Waals surface area contributed by atoms with Gasteiger partial charge in [-0.25, -0.2) is 9.48 Å². The van der Waals surface area contributed by atoms with Crippen LogP contribution < -0.4 is 11.0 Å². The highest BCUT2D eigenvalue weighted by atomic mass is 16.1. The fraction of sp³-hybridized carbons (Fsp3) is 0.800. The molecule has 1 aliphatic heterocycles. The molecule has 0 bridgehead atoms. The van der Waals surface area contributed by atoms with Gasteiger partial charge >= 0.3 is 5.69 Å². The molecule has 1 aromatic rings. The van der Waals surface area contributed by atoms with Gasteiger partial charge in [0.15, 0.2) is 0 Å². The van der Waals surface area contributed by atoms with Gasteiger partial charge in [0, 0.05) is 13.0 Å². The summed E-state index contributed by atoms with van der Waals surface area (Å²) in [5.74, 6) is 1.38. The zero-order valence-electron chi connectivity index (χ0n) is 9.12. The molecule has 1 aromatic heterocycles. The van der Waals surface area contributed by atoms with Crippen LogP contribution in [-0.2, 0) is 13.0 Å². The van der Waals surface area contributed by atoms with Crippen LogP contribution in [0.1, 0.15) is 25.6 Å². The number of piperidine rings is 1. The average molecular weight is 210 g/mol. The van der Waals surface area contributed by atoms with Crippen LogP contribution in [0.15, 0.2) is 4.79 Å². The Labute approximate surface area is 88.9 Å². The van der Waals surface area contributed by atoms with Gasteiger partial charge in [-0.1, -0.05) is 6.92 Å². The van der Waals surface area contributed by atoms with E-state index in [2.05, 4.69) is 15.4 Å². The number of H-pyrrole nitrogens is 1. The summed E-state index contributed by atoms with van der Waals surface area (Å²) in [5.41, 5.74) is -0.0645. The Hall–Kier alpha value is -1.10. The van der Waals surface area contributed by atoms with E-state index in [1.807, 2.05) is 6.92 Å². The van der Waals surface area contributed by atoms with Gasteiger partial charge in [-0.05, 0) is 31.8 Å². The molecule has 5 heteroatoms. The third kappa shape index (κ3) is 2.47. The molecule has 0 spiro atoms. The van der Waals surface area contributed by atoms with Crippen LogP contribution in [0.5, 0.6) is 0 Å². The van der Waals surface area contributed by atoms with Gasteiger partial charge in [-0.15, -0.1) is 0 Å². The van der Waals surface area contributed by atoms with Crippen molar-refractivity contribution in [3.05, 3.63) is 16.3 Å². The second-order valence-corrected chi connectivity index (χ2v) is 4.11. The van der Waals surface area contributed by atoms with Gasteiger partial charge < -0.3 is 5.32 Å². The fourth-order valence-electron chi connectivity index (χ4n) is 2.00. The molecular formula is C10H18N4O. The van der Waals surface area contributed by atoms with Crippen LogP contribution in [0.25, 0.3) is 0 Å². The first-order valence-electron chi connectivity index (χ1n) is 5.66. The molecule has 0 radical (unpaired) electrons. The van der Waals surface area contributed by atoms with Crippen molar-refractivity contribution in [2.75, 3.05) is 13.1 Å². The SMILES string of the molecule is CCc1nn(CC2CCNCC2)c(=O)[nH]1. The van der Waals surface area contributed by atoms with E-state index in [1.54, 1.807) is 4.68 Å². The van der Waals surface area contributed by atoms with Crippen LogP contribution in [0.2, 0.25) is 0 Å². The van der Waals surface area contributed by atoms with Gasteiger partial charge in [-0.2, -0.15) is 5.10 Å². The first-order chi connectivity index (χ1) is 7.29. The summed E-state index contributed by atoms with van der Waals surface area (Å²) in [5, 5.41) is 7.57. The smallest absolute Gasteiger partial charge is 0.317 e. The maximum Gasteiger partial charge on any atom is 0.343 e. The maximum absolute atomic E-state index is 11.5. The highest BCUT2D eigenvalue weighted by molar-refractivity contribution is 4.81. The van der Waals surface area contributed by atoms with Crippen molar-refractivity contribution in [1.82, 2.24) is 20.1 Å². The van der Waals surface area contributed by atoms with Gasteiger partial charge in [0.1, 0.15) is 5.82 Å². The van der Waals surface area contributed by atoms with Crippen LogP contribution in [-0.4, -0.2) is 27.9 Å². The van der Waals surface area contributed by atoms with Crippen molar-refractivity contribution in [2.45, 2.75) is 32.7 Å². The Morgan fingerprint density at radius 2 is 2.20 bits per heavy atom. The van der Waals surface area contributed by atoms with E-state index in [1.165, 1.54) is 0 Å². The molecule has 0 saturated carbocycles. The topological polar surface area (TPSA) is 62.7 Å². The summed E-state index contributed by atoms with van der Waals surface area (Å²) in [4.78, 5) is 14.3. The van der Waals surface area contributed by atoms with E-state index >= 15 is 0 Å². The van der Waals surface area contributed by atoms with E-state index in [0.717, 1.165) is 44.7 Å². The molecule has 1 saturated heterocycles. The highest BCUT2D eigenvalue weighted by Gasteiger charge is 2.15. The Kier molecular flexibility index (Phi) is 3.20. The molecule has 1 fully saturated rings. The number of nitrogens with zero attached hydrogens (tertiary/aromatic N) is 2. The summed E-state index contributed by atoms with van der Waals surface area (Å²) in [7, 11) is 0. The molecule has 0 aromatic carbocycles. The van der Waals surface area contributed by atoms with Crippen molar-refractivity contribution >= 4 is 0 Å². The quantitative estimate of drug-likeness (QED) is 0.745. The zero-order valence-corrected chi connectivity index (χ0v) is 9.12. The number of rotatable bonds is 3. The third-order valence-corrected chi connectivity index (χ3v) is 2.95. The van der Waals surface area contributed by atoms with Gasteiger partial charge in [0.05, 0.1) is 0 Å². The predicted octanol–water partition coefficient (Wildman–Crippen LogP) is 0.133. The van der Waals surface area contributed by atoms with E-state index in [9.17, 15) is 4.79 Å². The van der Waals surface area contributed by atoms with Crippen LogP contribution in [0.3, 0.4) is 0 Å². The van der Waals surface area contributed by atoms with Crippen LogP contribution in [0, 0.1) is 5.92 Å². The minimum Gasteiger partial charge on any atom is -0.317 e. The lowest BCUT2D eigenvalue weighted by Gasteiger charge is -2.21. The minimum atomic E-state index is -0.0645. The Morgan fingerprint density at radius 1 is 1.47 bits per heavy atom. The van der Waals surface area contributed by atoms with E-state index < -0.39 is 0 Å². The first-order valence-corrected chi connectivity index (χ1v) is 5.66. The standard InChI is InChI=1S/C10H18N4O/c1-2-9-12-10(15)14(13-9)7-8-3-5-11-6-4-8/h8,11H,2-7H2,1H3,(H,12,13,15). The number of nitrogens with one attached hydrogen (secondary N) is 2. The van der Waals surface area contributed by atoms with E-state index in [-0.39, 0.29) is 5.69 Å². The minimum absolute atomic E-state index is 0.0645. The Bertz CT molecular complexity index is 362. The molecule has 0 unspecified atom stereocenters. The van der Waals surface area contributed by atoms with Gasteiger partial charge in [0.2, 0.25) is 0 Å². The summed E-state index contributed by atoms with van der Waals surface area (Å²) in [6, 6.07) is 0. The molecular weight excluding hydrogens is 192 g/mol. The van der Waals surface area contributed by atoms with Crippen molar-refractivity contribution in [1.29, 1.82) is 0 Å². The molecule has 2 N–H and O–H groups in total. The summed E-state index contributed by atoms with van der Waals surface area (Å²) < 4.78 is 1.58. The number of hydrogen-bond donors (Lipinski definition) is 2. The molecule has 0 atom stereocenters. The largest absolute Gasteiger partial charge is 0.343 e. The zero-order chi connectivity index (χ0) is 10.7. The average Bonchev–Trinajstić information content (AvgIpc) is 2.61. The molecule has 2 heterocycles. The number of hydrogen-bond acceptors (Lipinski definition) is 3. The molecule has 1 aliphatic rings. The molecule has 0 aliphatic carbocycles. The van der Waals surface area contributed by atoms with Crippen LogP contribution in [0.4, 0.5) is 0 Å². The Morgan fingerprint density at radius 3 is 2.80 bits per heavy atom. The third-order valence-electron chi connectivity index (χ3n) is 2.95. The lowest BCUT2D eigenvalue weighted by molar-refractivity contribution is 0.317. The van der Waals surface area contributed by atoms with E-state index in [0.29, 0.717) is 5.92 Å². The summed E-state index contributed by atoms with van der Waals surface area (Å²) >= 11 is 0. The second-order valence-electron chi connectivity index (χ2n) is 4.11. The first kappa shape index (κ1) is 10.4. The molecule has 15 heavy (non-hydrogen) atoms. The van der Waals surface area contributed by atoms with Crippen molar-refractivity contribution in [3.63, 3.8) is 0 Å². The van der Waals surface area contributed by atoms with Crippen molar-refractivity contribution in [2.24, 2.45) is 5.92 Å². The molecule has 84 valence electrons. The highest BCUT2D eigenvalue weighted by Crippen LogP contribution is 2.12. The molecule has 0 amide bonds. The number of aromatic nitrogens is 3. The van der Waals surface area contributed by atoms with Crippen molar-refractivity contribution < 1.29 is 0 Å². The molecule has 5 nitrogen and oxygen atoms in total. The Balaban J connectivity index is 2.02. The van der Waals surface area contributed by atoms with Gasteiger partial charge in [-0.3, -0.25) is 4.98 Å². The fourth-order valence-corrected chi connectivity index (χ4v) is 2.00. The maximum atomic E-state index is 11.5. The molecule has 2 rings (SSSR count). The lowest BCUT2D eigenvalue weighted by atomic mass is 9.98. The monoisotopic (exact) mass is 210 g/mol. The summed E-state index contributed by atoms with van der Waals surface area (Å²) in [6.07, 6.45) is 3.07. The predicted molar refractivity (Wildman–Crippen MR) is 57.8 cm³/mol. The van der Waals surface area contributed by atoms with Gasteiger partial charge in [0.25, 0.3) is 0 Å².